The summed E-state index contributed by atoms with van der Waals surface area (Å²) in [7, 11) is 0. The molecule has 0 aliphatic carbocycles. The van der Waals surface area contributed by atoms with E-state index in [1.54, 1.807) is 0 Å². The van der Waals surface area contributed by atoms with Crippen LogP contribution in [0.25, 0.3) is 0 Å². The molecule has 0 saturated carbocycles. The lowest BCUT2D eigenvalue weighted by atomic mass is 10.1. The van der Waals surface area contributed by atoms with E-state index in [1.165, 1.54) is 17.3 Å². The van der Waals surface area contributed by atoms with Crippen molar-refractivity contribution in [2.75, 3.05) is 6.54 Å². The van der Waals surface area contributed by atoms with Crippen molar-refractivity contribution < 1.29 is 9.53 Å². The zero-order valence-electron chi connectivity index (χ0n) is 15.5. The normalized spacial score (nSPS) is 12.0. The molecule has 2 aromatic carbocycles. The maximum absolute atomic E-state index is 12.2. The monoisotopic (exact) mass is 391 g/mol. The van der Waals surface area contributed by atoms with Crippen LogP contribution in [-0.4, -0.2) is 23.8 Å². The molecule has 1 atom stereocenters. The summed E-state index contributed by atoms with van der Waals surface area (Å²) in [4.78, 5) is 13.2. The highest BCUT2D eigenvalue weighted by Crippen LogP contribution is 2.24. The highest BCUT2D eigenvalue weighted by Gasteiger charge is 2.13. The molecule has 0 heterocycles. The van der Waals surface area contributed by atoms with E-state index in [1.807, 2.05) is 57.2 Å². The standard InChI is InChI=1S/C21H26ClNO2S/c1-15(2)25-19-10-6-17(7-11-19)5-4-14-23-21(24)16(3)26-20-12-8-18(22)9-13-20/h6-13,15-16H,4-5,14H2,1-3H3,(H,23,24)/t16-/m1/s1. The van der Waals surface area contributed by atoms with Crippen LogP contribution in [0, 0.1) is 0 Å². The van der Waals surface area contributed by atoms with Crippen molar-refractivity contribution >= 4 is 29.3 Å². The zero-order chi connectivity index (χ0) is 18.9. The van der Waals surface area contributed by atoms with Crippen LogP contribution in [0.1, 0.15) is 32.8 Å². The van der Waals surface area contributed by atoms with Crippen LogP contribution in [0.15, 0.2) is 53.4 Å². The van der Waals surface area contributed by atoms with Crippen LogP contribution in [0.3, 0.4) is 0 Å². The fourth-order valence-corrected chi connectivity index (χ4v) is 3.44. The average molecular weight is 392 g/mol. The number of hydrogen-bond donors (Lipinski definition) is 1. The van der Waals surface area contributed by atoms with Crippen molar-refractivity contribution in [3.05, 3.63) is 59.1 Å². The molecule has 1 amide bonds. The van der Waals surface area contributed by atoms with Crippen LogP contribution in [0.4, 0.5) is 0 Å². The Hall–Kier alpha value is -1.65. The first-order valence-electron chi connectivity index (χ1n) is 8.89. The Morgan fingerprint density at radius 3 is 2.35 bits per heavy atom. The fraction of sp³-hybridized carbons (Fsp3) is 0.381. The lowest BCUT2D eigenvalue weighted by molar-refractivity contribution is -0.120. The number of halogens is 1. The fourth-order valence-electron chi connectivity index (χ4n) is 2.43. The predicted octanol–water partition coefficient (Wildman–Crippen LogP) is 5.36. The minimum Gasteiger partial charge on any atom is -0.491 e. The molecule has 0 radical (unpaired) electrons. The Morgan fingerprint density at radius 1 is 1.08 bits per heavy atom. The zero-order valence-corrected chi connectivity index (χ0v) is 17.1. The highest BCUT2D eigenvalue weighted by molar-refractivity contribution is 8.00. The number of carbonyl (C=O) groups excluding carboxylic acids is 1. The van der Waals surface area contributed by atoms with Crippen LogP contribution >= 0.6 is 23.4 Å². The van der Waals surface area contributed by atoms with Crippen molar-refractivity contribution in [3.63, 3.8) is 0 Å². The second-order valence-electron chi connectivity index (χ2n) is 6.42. The molecule has 2 aromatic rings. The molecule has 0 unspecified atom stereocenters. The van der Waals surface area contributed by atoms with Crippen molar-refractivity contribution in [3.8, 4) is 5.75 Å². The summed E-state index contributed by atoms with van der Waals surface area (Å²) in [5.74, 6) is 0.954. The number of ether oxygens (including phenoxy) is 1. The first-order valence-corrected chi connectivity index (χ1v) is 10.2. The molecule has 0 fully saturated rings. The van der Waals surface area contributed by atoms with Crippen molar-refractivity contribution in [2.24, 2.45) is 0 Å². The van der Waals surface area contributed by atoms with Gasteiger partial charge in [0, 0.05) is 16.5 Å². The smallest absolute Gasteiger partial charge is 0.233 e. The van der Waals surface area contributed by atoms with E-state index >= 15 is 0 Å². The van der Waals surface area contributed by atoms with E-state index in [-0.39, 0.29) is 17.3 Å². The van der Waals surface area contributed by atoms with Gasteiger partial charge >= 0.3 is 0 Å². The highest BCUT2D eigenvalue weighted by atomic mass is 35.5. The van der Waals surface area contributed by atoms with Gasteiger partial charge in [-0.15, -0.1) is 11.8 Å². The SMILES string of the molecule is CC(C)Oc1ccc(CCCNC(=O)[C@@H](C)Sc2ccc(Cl)cc2)cc1. The van der Waals surface area contributed by atoms with E-state index in [0.29, 0.717) is 11.6 Å². The van der Waals surface area contributed by atoms with Crippen LogP contribution in [-0.2, 0) is 11.2 Å². The number of aryl methyl sites for hydroxylation is 1. The summed E-state index contributed by atoms with van der Waals surface area (Å²) >= 11 is 7.42. The van der Waals surface area contributed by atoms with Crippen LogP contribution in [0.5, 0.6) is 5.75 Å². The van der Waals surface area contributed by atoms with Gasteiger partial charge in [0.15, 0.2) is 0 Å². The summed E-state index contributed by atoms with van der Waals surface area (Å²) in [5.41, 5.74) is 1.25. The second-order valence-corrected chi connectivity index (χ2v) is 8.27. The van der Waals surface area contributed by atoms with Gasteiger partial charge < -0.3 is 10.1 Å². The molecule has 1 N–H and O–H groups in total. The molecular weight excluding hydrogens is 366 g/mol. The minimum absolute atomic E-state index is 0.0608. The molecule has 0 bridgehead atoms. The van der Waals surface area contributed by atoms with E-state index in [2.05, 4.69) is 17.4 Å². The lowest BCUT2D eigenvalue weighted by Crippen LogP contribution is -2.31. The van der Waals surface area contributed by atoms with Crippen molar-refractivity contribution in [1.82, 2.24) is 5.32 Å². The maximum atomic E-state index is 12.2. The molecule has 0 spiro atoms. The average Bonchev–Trinajstić information content (AvgIpc) is 2.61. The second kappa shape index (κ2) is 10.5. The molecule has 0 aliphatic rings. The molecule has 0 saturated heterocycles. The van der Waals surface area contributed by atoms with E-state index in [4.69, 9.17) is 16.3 Å². The van der Waals surface area contributed by atoms with Gasteiger partial charge in [0.1, 0.15) is 5.75 Å². The number of nitrogens with one attached hydrogen (secondary N) is 1. The number of hydrogen-bond acceptors (Lipinski definition) is 3. The molecule has 0 aromatic heterocycles. The van der Waals surface area contributed by atoms with Gasteiger partial charge in [0.05, 0.1) is 11.4 Å². The first kappa shape index (κ1) is 20.7. The predicted molar refractivity (Wildman–Crippen MR) is 110 cm³/mol. The molecule has 3 nitrogen and oxygen atoms in total. The van der Waals surface area contributed by atoms with Gasteiger partial charge in [-0.1, -0.05) is 23.7 Å². The lowest BCUT2D eigenvalue weighted by Gasteiger charge is -2.12. The van der Waals surface area contributed by atoms with Gasteiger partial charge in [-0.2, -0.15) is 0 Å². The number of thioether (sulfide) groups is 1. The maximum Gasteiger partial charge on any atom is 0.233 e. The number of benzene rings is 2. The third kappa shape index (κ3) is 7.30. The van der Waals surface area contributed by atoms with Gasteiger partial charge in [-0.3, -0.25) is 4.79 Å². The Balaban J connectivity index is 1.68. The van der Waals surface area contributed by atoms with E-state index < -0.39 is 0 Å². The summed E-state index contributed by atoms with van der Waals surface area (Å²) in [5, 5.41) is 3.58. The summed E-state index contributed by atoms with van der Waals surface area (Å²) in [6, 6.07) is 15.7. The van der Waals surface area contributed by atoms with Crippen LogP contribution < -0.4 is 10.1 Å². The van der Waals surface area contributed by atoms with E-state index in [9.17, 15) is 4.79 Å². The largest absolute Gasteiger partial charge is 0.491 e. The Kier molecular flexibility index (Phi) is 8.33. The van der Waals surface area contributed by atoms with Gasteiger partial charge in [-0.05, 0) is 75.6 Å². The van der Waals surface area contributed by atoms with E-state index in [0.717, 1.165) is 23.5 Å². The summed E-state index contributed by atoms with van der Waals surface area (Å²) in [6.45, 7) is 6.63. The topological polar surface area (TPSA) is 38.3 Å². The molecule has 2 rings (SSSR count). The minimum atomic E-state index is -0.136. The summed E-state index contributed by atoms with van der Waals surface area (Å²) < 4.78 is 5.64. The van der Waals surface area contributed by atoms with Gasteiger partial charge in [-0.25, -0.2) is 0 Å². The Labute approximate surface area is 165 Å². The molecule has 26 heavy (non-hydrogen) atoms. The molecule has 0 aliphatic heterocycles. The third-order valence-electron chi connectivity index (χ3n) is 3.73. The van der Waals surface area contributed by atoms with Gasteiger partial charge in [0.2, 0.25) is 5.91 Å². The Morgan fingerprint density at radius 2 is 1.73 bits per heavy atom. The van der Waals surface area contributed by atoms with Crippen molar-refractivity contribution in [2.45, 2.75) is 49.9 Å². The third-order valence-corrected chi connectivity index (χ3v) is 5.10. The molecule has 140 valence electrons. The van der Waals surface area contributed by atoms with Crippen LogP contribution in [0.2, 0.25) is 5.02 Å². The number of rotatable bonds is 9. The quantitative estimate of drug-likeness (QED) is 0.462. The van der Waals surface area contributed by atoms with Gasteiger partial charge in [0.25, 0.3) is 0 Å². The number of carbonyl (C=O) groups is 1. The summed E-state index contributed by atoms with van der Waals surface area (Å²) in [6.07, 6.45) is 2.03. The molecular formula is C21H26ClNO2S. The molecule has 5 heteroatoms. The van der Waals surface area contributed by atoms with Crippen molar-refractivity contribution in [1.29, 1.82) is 0 Å². The first-order chi connectivity index (χ1) is 12.4. The number of amides is 1. The Bertz CT molecular complexity index is 686.